The number of hydrogen-bond acceptors (Lipinski definition) is 4. The van der Waals surface area contributed by atoms with Crippen LogP contribution in [0.4, 0.5) is 5.69 Å². The molecule has 0 aromatic heterocycles. The monoisotopic (exact) mass is 294 g/mol. The molecule has 0 amide bonds. The van der Waals surface area contributed by atoms with Gasteiger partial charge >= 0.3 is 5.97 Å². The number of carboxylic acids is 1. The highest BCUT2D eigenvalue weighted by Gasteiger charge is 2.21. The van der Waals surface area contributed by atoms with E-state index in [1.807, 2.05) is 27.7 Å². The second-order valence-corrected chi connectivity index (χ2v) is 5.75. The Kier molecular flexibility index (Phi) is 5.84. The van der Waals surface area contributed by atoms with Crippen LogP contribution in [0, 0.1) is 16.0 Å². The van der Waals surface area contributed by atoms with Crippen LogP contribution in [0.3, 0.4) is 0 Å². The van der Waals surface area contributed by atoms with Crippen molar-refractivity contribution in [2.45, 2.75) is 46.2 Å². The first-order valence-electron chi connectivity index (χ1n) is 6.97. The van der Waals surface area contributed by atoms with Crippen LogP contribution in [0.25, 0.3) is 0 Å². The molecule has 116 valence electrons. The molecule has 0 heterocycles. The standard InChI is InChI=1S/C15H22N2O4/c1-9(2)12-6-5-11(7-13(12)17(20)21)8-16-14(10(3)4)15(18)19/h5-7,9-10,14,16H,8H2,1-4H3,(H,18,19)/t14-/m1/s1. The maximum atomic E-state index is 11.1. The van der Waals surface area contributed by atoms with Gasteiger partial charge in [-0.2, -0.15) is 0 Å². The molecule has 6 heteroatoms. The van der Waals surface area contributed by atoms with Gasteiger partial charge in [-0.25, -0.2) is 0 Å². The first-order chi connectivity index (χ1) is 9.73. The lowest BCUT2D eigenvalue weighted by Crippen LogP contribution is -2.40. The van der Waals surface area contributed by atoms with Gasteiger partial charge in [0.1, 0.15) is 6.04 Å². The fourth-order valence-corrected chi connectivity index (χ4v) is 2.18. The van der Waals surface area contributed by atoms with Crippen LogP contribution in [0.15, 0.2) is 18.2 Å². The Morgan fingerprint density at radius 3 is 2.38 bits per heavy atom. The maximum absolute atomic E-state index is 11.1. The molecule has 0 bridgehead atoms. The molecule has 0 radical (unpaired) electrons. The number of aliphatic carboxylic acids is 1. The summed E-state index contributed by atoms with van der Waals surface area (Å²) >= 11 is 0. The smallest absolute Gasteiger partial charge is 0.320 e. The molecule has 0 aliphatic rings. The maximum Gasteiger partial charge on any atom is 0.320 e. The number of rotatable bonds is 7. The van der Waals surface area contributed by atoms with Crippen molar-refractivity contribution in [3.05, 3.63) is 39.4 Å². The molecular formula is C15H22N2O4. The molecule has 0 aliphatic carbocycles. The zero-order chi connectivity index (χ0) is 16.2. The number of nitrogens with one attached hydrogen (secondary N) is 1. The van der Waals surface area contributed by atoms with E-state index >= 15 is 0 Å². The van der Waals surface area contributed by atoms with E-state index in [2.05, 4.69) is 5.32 Å². The van der Waals surface area contributed by atoms with Crippen molar-refractivity contribution < 1.29 is 14.8 Å². The van der Waals surface area contributed by atoms with Gasteiger partial charge in [-0.3, -0.25) is 14.9 Å². The van der Waals surface area contributed by atoms with E-state index in [0.29, 0.717) is 11.1 Å². The number of hydrogen-bond donors (Lipinski definition) is 2. The molecule has 21 heavy (non-hydrogen) atoms. The van der Waals surface area contributed by atoms with Crippen molar-refractivity contribution in [1.82, 2.24) is 5.32 Å². The van der Waals surface area contributed by atoms with Crippen LogP contribution in [-0.2, 0) is 11.3 Å². The van der Waals surface area contributed by atoms with Gasteiger partial charge in [0.05, 0.1) is 4.92 Å². The lowest BCUT2D eigenvalue weighted by atomic mass is 9.99. The molecule has 0 saturated carbocycles. The van der Waals surface area contributed by atoms with Crippen LogP contribution >= 0.6 is 0 Å². The highest BCUT2D eigenvalue weighted by Crippen LogP contribution is 2.27. The molecule has 0 fully saturated rings. The lowest BCUT2D eigenvalue weighted by Gasteiger charge is -2.18. The summed E-state index contributed by atoms with van der Waals surface area (Å²) in [4.78, 5) is 21.8. The third-order valence-electron chi connectivity index (χ3n) is 3.37. The highest BCUT2D eigenvalue weighted by atomic mass is 16.6. The van der Waals surface area contributed by atoms with Gasteiger partial charge in [0.15, 0.2) is 0 Å². The van der Waals surface area contributed by atoms with E-state index in [1.165, 1.54) is 6.07 Å². The summed E-state index contributed by atoms with van der Waals surface area (Å²) < 4.78 is 0. The van der Waals surface area contributed by atoms with Gasteiger partial charge < -0.3 is 10.4 Å². The van der Waals surface area contributed by atoms with Crippen LogP contribution in [0.2, 0.25) is 0 Å². The number of nitro groups is 1. The van der Waals surface area contributed by atoms with Gasteiger partial charge in [0.2, 0.25) is 0 Å². The molecular weight excluding hydrogens is 272 g/mol. The molecule has 2 N–H and O–H groups in total. The quantitative estimate of drug-likeness (QED) is 0.596. The molecule has 0 aliphatic heterocycles. The van der Waals surface area contributed by atoms with Crippen molar-refractivity contribution in [3.8, 4) is 0 Å². The summed E-state index contributed by atoms with van der Waals surface area (Å²) in [7, 11) is 0. The SMILES string of the molecule is CC(C)c1ccc(CN[C@@H](C(=O)O)C(C)C)cc1[N+](=O)[O-]. The normalized spacial score (nSPS) is 12.7. The summed E-state index contributed by atoms with van der Waals surface area (Å²) in [5.41, 5.74) is 1.47. The van der Waals surface area contributed by atoms with E-state index < -0.39 is 16.9 Å². The first-order valence-corrected chi connectivity index (χ1v) is 6.97. The second kappa shape index (κ2) is 7.17. The van der Waals surface area contributed by atoms with Gasteiger partial charge in [0.25, 0.3) is 5.69 Å². The molecule has 0 spiro atoms. The second-order valence-electron chi connectivity index (χ2n) is 5.75. The Morgan fingerprint density at radius 2 is 1.95 bits per heavy atom. The average molecular weight is 294 g/mol. The fourth-order valence-electron chi connectivity index (χ4n) is 2.18. The summed E-state index contributed by atoms with van der Waals surface area (Å²) in [6.07, 6.45) is 0. The number of nitrogens with zero attached hydrogens (tertiary/aromatic N) is 1. The molecule has 1 atom stereocenters. The van der Waals surface area contributed by atoms with Crippen molar-refractivity contribution in [2.75, 3.05) is 0 Å². The van der Waals surface area contributed by atoms with Gasteiger partial charge in [-0.05, 0) is 17.4 Å². The predicted molar refractivity (Wildman–Crippen MR) is 80.3 cm³/mol. The van der Waals surface area contributed by atoms with Crippen LogP contribution in [0.5, 0.6) is 0 Å². The minimum Gasteiger partial charge on any atom is -0.480 e. The zero-order valence-electron chi connectivity index (χ0n) is 12.8. The third kappa shape index (κ3) is 4.53. The highest BCUT2D eigenvalue weighted by molar-refractivity contribution is 5.73. The molecule has 1 rings (SSSR count). The molecule has 0 unspecified atom stereocenters. The van der Waals surface area contributed by atoms with E-state index in [9.17, 15) is 14.9 Å². The third-order valence-corrected chi connectivity index (χ3v) is 3.37. The largest absolute Gasteiger partial charge is 0.480 e. The van der Waals surface area contributed by atoms with E-state index in [4.69, 9.17) is 5.11 Å². The van der Waals surface area contributed by atoms with Crippen LogP contribution in [0.1, 0.15) is 44.7 Å². The van der Waals surface area contributed by atoms with Crippen LogP contribution in [-0.4, -0.2) is 22.0 Å². The van der Waals surface area contributed by atoms with Crippen molar-refractivity contribution in [1.29, 1.82) is 0 Å². The molecule has 6 nitrogen and oxygen atoms in total. The predicted octanol–water partition coefficient (Wildman–Crippen LogP) is 2.92. The van der Waals surface area contributed by atoms with Gasteiger partial charge in [0, 0.05) is 18.2 Å². The first kappa shape index (κ1) is 17.1. The number of carboxylic acid groups (broad SMARTS) is 1. The van der Waals surface area contributed by atoms with Gasteiger partial charge in [-0.1, -0.05) is 39.8 Å². The summed E-state index contributed by atoms with van der Waals surface area (Å²) in [6, 6.07) is 4.38. The number of carbonyl (C=O) groups is 1. The van der Waals surface area contributed by atoms with E-state index in [1.54, 1.807) is 12.1 Å². The van der Waals surface area contributed by atoms with Crippen molar-refractivity contribution in [2.24, 2.45) is 5.92 Å². The zero-order valence-corrected chi connectivity index (χ0v) is 12.8. The van der Waals surface area contributed by atoms with Crippen LogP contribution < -0.4 is 5.32 Å². The minimum atomic E-state index is -0.918. The Morgan fingerprint density at radius 1 is 1.33 bits per heavy atom. The summed E-state index contributed by atoms with van der Waals surface area (Å²) in [6.45, 7) is 7.72. The lowest BCUT2D eigenvalue weighted by molar-refractivity contribution is -0.385. The Labute approximate surface area is 124 Å². The average Bonchev–Trinajstić information content (AvgIpc) is 2.37. The number of nitro benzene ring substituents is 1. The molecule has 1 aromatic rings. The van der Waals surface area contributed by atoms with Gasteiger partial charge in [-0.15, -0.1) is 0 Å². The Balaban J connectivity index is 2.93. The Bertz CT molecular complexity index is 526. The molecule has 0 saturated heterocycles. The van der Waals surface area contributed by atoms with Crippen molar-refractivity contribution >= 4 is 11.7 Å². The molecule has 1 aromatic carbocycles. The minimum absolute atomic E-state index is 0.0626. The topological polar surface area (TPSA) is 92.5 Å². The van der Waals surface area contributed by atoms with E-state index in [-0.39, 0.29) is 24.1 Å². The summed E-state index contributed by atoms with van der Waals surface area (Å²) in [5.74, 6) is -0.916. The van der Waals surface area contributed by atoms with Crippen molar-refractivity contribution in [3.63, 3.8) is 0 Å². The Hall–Kier alpha value is -1.95. The summed E-state index contributed by atoms with van der Waals surface area (Å²) in [5, 5.41) is 23.2. The fraction of sp³-hybridized carbons (Fsp3) is 0.533. The van der Waals surface area contributed by atoms with E-state index in [0.717, 1.165) is 0 Å². The number of benzene rings is 1.